The second-order valence-electron chi connectivity index (χ2n) is 6.95. The van der Waals surface area contributed by atoms with Gasteiger partial charge in [-0.05, 0) is 54.1 Å². The summed E-state index contributed by atoms with van der Waals surface area (Å²) < 4.78 is 66.8. The standard InChI is InChI=1S/C22H22F2N2O6S/c1-26(14-15-5-10-19(32-22(23)24)20(12-15)30-2)21(27)16-6-8-18(9-7-16)33(28,29)25-13-17-4-3-11-31-17/h3-12,22,25H,13-14H2,1-2H3. The second-order valence-corrected chi connectivity index (χ2v) is 8.72. The predicted molar refractivity (Wildman–Crippen MR) is 115 cm³/mol. The third-order valence-electron chi connectivity index (χ3n) is 4.64. The van der Waals surface area contributed by atoms with Gasteiger partial charge in [0.2, 0.25) is 10.0 Å². The number of amides is 1. The molecular weight excluding hydrogens is 458 g/mol. The number of hydrogen-bond donors (Lipinski definition) is 1. The van der Waals surface area contributed by atoms with E-state index in [1.54, 1.807) is 25.2 Å². The summed E-state index contributed by atoms with van der Waals surface area (Å²) in [5, 5.41) is 0. The molecule has 0 aliphatic heterocycles. The molecular formula is C22H22F2N2O6S. The molecule has 1 aromatic heterocycles. The van der Waals surface area contributed by atoms with Crippen LogP contribution in [0, 0.1) is 0 Å². The van der Waals surface area contributed by atoms with Gasteiger partial charge < -0.3 is 18.8 Å². The number of alkyl halides is 2. The Balaban J connectivity index is 1.66. The number of hydrogen-bond acceptors (Lipinski definition) is 6. The summed E-state index contributed by atoms with van der Waals surface area (Å²) in [6, 6.07) is 13.2. The van der Waals surface area contributed by atoms with Gasteiger partial charge in [0.25, 0.3) is 5.91 Å². The molecule has 0 fully saturated rings. The molecule has 0 saturated carbocycles. The van der Waals surface area contributed by atoms with Crippen LogP contribution in [0.25, 0.3) is 0 Å². The van der Waals surface area contributed by atoms with Crippen molar-refractivity contribution in [3.63, 3.8) is 0 Å². The summed E-state index contributed by atoms with van der Waals surface area (Å²) in [6.45, 7) is -2.82. The normalized spacial score (nSPS) is 11.4. The maximum atomic E-state index is 12.8. The second kappa shape index (κ2) is 10.5. The summed E-state index contributed by atoms with van der Waals surface area (Å²) >= 11 is 0. The largest absolute Gasteiger partial charge is 0.493 e. The van der Waals surface area contributed by atoms with Crippen LogP contribution in [0.1, 0.15) is 21.7 Å². The fourth-order valence-corrected chi connectivity index (χ4v) is 4.00. The molecule has 0 aliphatic rings. The number of carbonyl (C=O) groups is 1. The van der Waals surface area contributed by atoms with E-state index in [1.807, 2.05) is 0 Å². The van der Waals surface area contributed by atoms with Crippen molar-refractivity contribution in [1.82, 2.24) is 9.62 Å². The van der Waals surface area contributed by atoms with Gasteiger partial charge in [0.1, 0.15) is 5.76 Å². The van der Waals surface area contributed by atoms with E-state index in [9.17, 15) is 22.0 Å². The monoisotopic (exact) mass is 480 g/mol. The van der Waals surface area contributed by atoms with Crippen molar-refractivity contribution >= 4 is 15.9 Å². The zero-order chi connectivity index (χ0) is 24.0. The number of carbonyl (C=O) groups excluding carboxylic acids is 1. The van der Waals surface area contributed by atoms with Crippen LogP contribution in [0.2, 0.25) is 0 Å². The lowest BCUT2D eigenvalue weighted by Crippen LogP contribution is -2.26. The number of methoxy groups -OCH3 is 1. The third kappa shape index (κ3) is 6.30. The van der Waals surface area contributed by atoms with Crippen molar-refractivity contribution in [3.05, 3.63) is 77.7 Å². The molecule has 1 heterocycles. The molecule has 0 radical (unpaired) electrons. The Morgan fingerprint density at radius 2 is 1.85 bits per heavy atom. The Kier molecular flexibility index (Phi) is 7.67. The highest BCUT2D eigenvalue weighted by atomic mass is 32.2. The van der Waals surface area contributed by atoms with Crippen LogP contribution in [0.15, 0.2) is 70.2 Å². The molecule has 2 aromatic carbocycles. The topological polar surface area (TPSA) is 98.1 Å². The lowest BCUT2D eigenvalue weighted by atomic mass is 10.1. The van der Waals surface area contributed by atoms with Gasteiger partial charge in [-0.3, -0.25) is 4.79 Å². The van der Waals surface area contributed by atoms with E-state index in [2.05, 4.69) is 9.46 Å². The quantitative estimate of drug-likeness (QED) is 0.476. The first-order valence-electron chi connectivity index (χ1n) is 9.69. The number of furan rings is 1. The van der Waals surface area contributed by atoms with E-state index in [0.717, 1.165) is 0 Å². The Labute approximate surface area is 189 Å². The number of ether oxygens (including phenoxy) is 2. The SMILES string of the molecule is COc1cc(CN(C)C(=O)c2ccc(S(=O)(=O)NCc3ccco3)cc2)ccc1OC(F)F. The van der Waals surface area contributed by atoms with Crippen LogP contribution in [0.4, 0.5) is 8.78 Å². The lowest BCUT2D eigenvalue weighted by molar-refractivity contribution is -0.0512. The van der Waals surface area contributed by atoms with Crippen LogP contribution >= 0.6 is 0 Å². The summed E-state index contributed by atoms with van der Waals surface area (Å²) in [7, 11) is -0.894. The van der Waals surface area contributed by atoms with Gasteiger partial charge in [-0.1, -0.05) is 6.07 Å². The third-order valence-corrected chi connectivity index (χ3v) is 6.06. The molecule has 3 rings (SSSR count). The molecule has 0 atom stereocenters. The Morgan fingerprint density at radius 1 is 1.12 bits per heavy atom. The smallest absolute Gasteiger partial charge is 0.387 e. The fourth-order valence-electron chi connectivity index (χ4n) is 3.01. The Morgan fingerprint density at radius 3 is 2.45 bits per heavy atom. The van der Waals surface area contributed by atoms with Crippen LogP contribution < -0.4 is 14.2 Å². The highest BCUT2D eigenvalue weighted by Crippen LogP contribution is 2.30. The van der Waals surface area contributed by atoms with Crippen LogP contribution in [0.3, 0.4) is 0 Å². The molecule has 0 aliphatic carbocycles. The average molecular weight is 480 g/mol. The van der Waals surface area contributed by atoms with E-state index < -0.39 is 16.6 Å². The average Bonchev–Trinajstić information content (AvgIpc) is 3.32. The number of nitrogens with one attached hydrogen (secondary N) is 1. The summed E-state index contributed by atoms with van der Waals surface area (Å²) in [4.78, 5) is 14.2. The number of halogens is 2. The molecule has 11 heteroatoms. The number of nitrogens with zero attached hydrogens (tertiary/aromatic N) is 1. The fraction of sp³-hybridized carbons (Fsp3) is 0.227. The Hall–Kier alpha value is -3.44. The summed E-state index contributed by atoms with van der Waals surface area (Å²) in [6.07, 6.45) is 1.45. The molecule has 1 amide bonds. The molecule has 176 valence electrons. The van der Waals surface area contributed by atoms with E-state index in [4.69, 9.17) is 9.15 Å². The maximum Gasteiger partial charge on any atom is 0.387 e. The lowest BCUT2D eigenvalue weighted by Gasteiger charge is -2.19. The molecule has 8 nitrogen and oxygen atoms in total. The first-order valence-corrected chi connectivity index (χ1v) is 11.2. The van der Waals surface area contributed by atoms with Gasteiger partial charge in [-0.15, -0.1) is 0 Å². The number of sulfonamides is 1. The highest BCUT2D eigenvalue weighted by Gasteiger charge is 2.18. The van der Waals surface area contributed by atoms with Crippen molar-refractivity contribution in [2.24, 2.45) is 0 Å². The van der Waals surface area contributed by atoms with E-state index in [-0.39, 0.29) is 41.0 Å². The van der Waals surface area contributed by atoms with Crippen LogP contribution in [0.5, 0.6) is 11.5 Å². The zero-order valence-electron chi connectivity index (χ0n) is 17.8. The maximum absolute atomic E-state index is 12.8. The van der Waals surface area contributed by atoms with Crippen molar-refractivity contribution < 1.29 is 35.9 Å². The minimum Gasteiger partial charge on any atom is -0.493 e. The van der Waals surface area contributed by atoms with Gasteiger partial charge in [-0.25, -0.2) is 13.1 Å². The molecule has 3 aromatic rings. The van der Waals surface area contributed by atoms with Gasteiger partial charge in [-0.2, -0.15) is 8.78 Å². The van der Waals surface area contributed by atoms with Gasteiger partial charge in [0.15, 0.2) is 11.5 Å². The Bertz CT molecular complexity index is 1180. The summed E-state index contributed by atoms with van der Waals surface area (Å²) in [5.74, 6) is 0.125. The van der Waals surface area contributed by atoms with Crippen molar-refractivity contribution in [2.75, 3.05) is 14.2 Å². The van der Waals surface area contributed by atoms with Crippen molar-refractivity contribution in [3.8, 4) is 11.5 Å². The van der Waals surface area contributed by atoms with E-state index >= 15 is 0 Å². The van der Waals surface area contributed by atoms with Gasteiger partial charge >= 0.3 is 6.61 Å². The van der Waals surface area contributed by atoms with Gasteiger partial charge in [0.05, 0.1) is 24.8 Å². The minimum absolute atomic E-state index is 0.00333. The van der Waals surface area contributed by atoms with Gasteiger partial charge in [0, 0.05) is 19.2 Å². The predicted octanol–water partition coefficient (Wildman–Crippen LogP) is 3.64. The van der Waals surface area contributed by atoms with Crippen molar-refractivity contribution in [2.45, 2.75) is 24.6 Å². The highest BCUT2D eigenvalue weighted by molar-refractivity contribution is 7.89. The first-order chi connectivity index (χ1) is 15.7. The van der Waals surface area contributed by atoms with Crippen molar-refractivity contribution in [1.29, 1.82) is 0 Å². The molecule has 0 unspecified atom stereocenters. The molecule has 0 spiro atoms. The number of rotatable bonds is 10. The summed E-state index contributed by atoms with van der Waals surface area (Å²) in [5.41, 5.74) is 0.915. The van der Waals surface area contributed by atoms with E-state index in [0.29, 0.717) is 11.3 Å². The van der Waals surface area contributed by atoms with Crippen LogP contribution in [-0.4, -0.2) is 40.0 Å². The number of benzene rings is 2. The molecule has 0 saturated heterocycles. The zero-order valence-corrected chi connectivity index (χ0v) is 18.6. The molecule has 1 N–H and O–H groups in total. The molecule has 0 bridgehead atoms. The van der Waals surface area contributed by atoms with Crippen LogP contribution in [-0.2, 0) is 23.1 Å². The molecule has 33 heavy (non-hydrogen) atoms. The minimum atomic E-state index is -3.78. The van der Waals surface area contributed by atoms with E-state index in [1.165, 1.54) is 54.7 Å². The first kappa shape index (κ1) is 24.2.